The van der Waals surface area contributed by atoms with Crippen LogP contribution in [0.5, 0.6) is 0 Å². The highest BCUT2D eigenvalue weighted by Gasteiger charge is 2.16. The summed E-state index contributed by atoms with van der Waals surface area (Å²) in [5.74, 6) is 0. The lowest BCUT2D eigenvalue weighted by Crippen LogP contribution is -2.13. The maximum Gasteiger partial charge on any atom is 0.262 e. The van der Waals surface area contributed by atoms with Crippen molar-refractivity contribution in [3.05, 3.63) is 41.7 Å². The number of aromatic nitrogens is 2. The molecule has 17 heavy (non-hydrogen) atoms. The Kier molecular flexibility index (Phi) is 2.89. The van der Waals surface area contributed by atoms with Gasteiger partial charge in [0.2, 0.25) is 0 Å². The molecule has 0 spiro atoms. The summed E-state index contributed by atoms with van der Waals surface area (Å²) in [5, 5.41) is 6.24. The minimum Gasteiger partial charge on any atom is -0.284 e. The van der Waals surface area contributed by atoms with E-state index in [0.29, 0.717) is 5.69 Å². The fourth-order valence-electron chi connectivity index (χ4n) is 1.62. The Bertz CT molecular complexity index is 618. The maximum atomic E-state index is 12.1. The lowest BCUT2D eigenvalue weighted by molar-refractivity contribution is 0.600. The standard InChI is InChI=1S/C11H13N3O2S/c1-8-3-4-11(9(2)5-8)17(15,16)14-10-6-12-13-7-10/h3-7,14H,1-2H3,(H,12,13). The van der Waals surface area contributed by atoms with Crippen molar-refractivity contribution in [2.45, 2.75) is 18.7 Å². The van der Waals surface area contributed by atoms with Gasteiger partial charge in [-0.05, 0) is 25.5 Å². The van der Waals surface area contributed by atoms with Gasteiger partial charge in [-0.25, -0.2) is 8.42 Å². The number of aryl methyl sites for hydroxylation is 2. The molecule has 2 rings (SSSR count). The Morgan fingerprint density at radius 1 is 1.29 bits per heavy atom. The first-order valence-corrected chi connectivity index (χ1v) is 6.56. The number of sulfonamides is 1. The Hall–Kier alpha value is -1.82. The zero-order valence-electron chi connectivity index (χ0n) is 9.56. The predicted molar refractivity (Wildman–Crippen MR) is 65.3 cm³/mol. The van der Waals surface area contributed by atoms with Crippen LogP contribution in [0.3, 0.4) is 0 Å². The zero-order chi connectivity index (χ0) is 12.5. The minimum atomic E-state index is -3.54. The molecule has 0 bridgehead atoms. The average molecular weight is 251 g/mol. The van der Waals surface area contributed by atoms with Gasteiger partial charge in [0.05, 0.1) is 16.8 Å². The van der Waals surface area contributed by atoms with Gasteiger partial charge in [0.25, 0.3) is 10.0 Å². The summed E-state index contributed by atoms with van der Waals surface area (Å²) in [4.78, 5) is 0.282. The molecule has 90 valence electrons. The molecule has 1 heterocycles. The molecule has 0 aliphatic heterocycles. The summed E-state index contributed by atoms with van der Waals surface area (Å²) in [7, 11) is -3.54. The summed E-state index contributed by atoms with van der Waals surface area (Å²) in [6.45, 7) is 3.70. The fourth-order valence-corrected chi connectivity index (χ4v) is 2.88. The van der Waals surface area contributed by atoms with Crippen molar-refractivity contribution in [3.8, 4) is 0 Å². The number of H-pyrrole nitrogens is 1. The quantitative estimate of drug-likeness (QED) is 0.873. The van der Waals surface area contributed by atoms with Crippen LogP contribution in [-0.4, -0.2) is 18.6 Å². The highest BCUT2D eigenvalue weighted by atomic mass is 32.2. The van der Waals surface area contributed by atoms with Crippen molar-refractivity contribution in [1.29, 1.82) is 0 Å². The molecule has 0 amide bonds. The largest absolute Gasteiger partial charge is 0.284 e. The molecule has 0 aliphatic carbocycles. The van der Waals surface area contributed by atoms with E-state index >= 15 is 0 Å². The number of nitrogens with one attached hydrogen (secondary N) is 2. The molecule has 0 saturated heterocycles. The van der Waals surface area contributed by atoms with Crippen molar-refractivity contribution in [1.82, 2.24) is 10.2 Å². The van der Waals surface area contributed by atoms with Crippen molar-refractivity contribution < 1.29 is 8.42 Å². The van der Waals surface area contributed by atoms with E-state index in [1.807, 2.05) is 13.0 Å². The summed E-state index contributed by atoms with van der Waals surface area (Å²) >= 11 is 0. The number of nitrogens with zero attached hydrogens (tertiary/aromatic N) is 1. The topological polar surface area (TPSA) is 74.8 Å². The molecule has 0 atom stereocenters. The second-order valence-corrected chi connectivity index (χ2v) is 5.51. The molecule has 0 fully saturated rings. The molecule has 6 heteroatoms. The van der Waals surface area contributed by atoms with E-state index in [1.165, 1.54) is 12.4 Å². The summed E-state index contributed by atoms with van der Waals surface area (Å²) < 4.78 is 26.6. The van der Waals surface area contributed by atoms with Gasteiger partial charge in [-0.2, -0.15) is 5.10 Å². The van der Waals surface area contributed by atoms with Crippen LogP contribution in [0, 0.1) is 13.8 Å². The molecular formula is C11H13N3O2S. The van der Waals surface area contributed by atoms with Crippen LogP contribution < -0.4 is 4.72 Å². The van der Waals surface area contributed by atoms with Gasteiger partial charge in [0.15, 0.2) is 0 Å². The first-order chi connectivity index (χ1) is 7.99. The molecule has 0 aliphatic rings. The molecule has 1 aromatic carbocycles. The summed E-state index contributed by atoms with van der Waals surface area (Å²) in [6, 6.07) is 5.22. The van der Waals surface area contributed by atoms with E-state index in [9.17, 15) is 8.42 Å². The fraction of sp³-hybridized carbons (Fsp3) is 0.182. The molecule has 2 N–H and O–H groups in total. The molecule has 0 radical (unpaired) electrons. The Labute approximate surface area is 99.9 Å². The van der Waals surface area contributed by atoms with Crippen LogP contribution in [0.1, 0.15) is 11.1 Å². The molecule has 0 unspecified atom stereocenters. The Morgan fingerprint density at radius 2 is 2.06 bits per heavy atom. The van der Waals surface area contributed by atoms with Gasteiger partial charge in [-0.15, -0.1) is 0 Å². The van der Waals surface area contributed by atoms with Crippen molar-refractivity contribution in [2.24, 2.45) is 0 Å². The van der Waals surface area contributed by atoms with Crippen molar-refractivity contribution in [2.75, 3.05) is 4.72 Å². The Balaban J connectivity index is 2.38. The zero-order valence-corrected chi connectivity index (χ0v) is 10.4. The minimum absolute atomic E-state index is 0.282. The molecule has 0 saturated carbocycles. The molecule has 1 aromatic heterocycles. The van der Waals surface area contributed by atoms with Gasteiger partial charge < -0.3 is 0 Å². The first-order valence-electron chi connectivity index (χ1n) is 5.08. The highest BCUT2D eigenvalue weighted by molar-refractivity contribution is 7.92. The van der Waals surface area contributed by atoms with Crippen LogP contribution in [0.25, 0.3) is 0 Å². The van der Waals surface area contributed by atoms with Crippen molar-refractivity contribution in [3.63, 3.8) is 0 Å². The monoisotopic (exact) mass is 251 g/mol. The van der Waals surface area contributed by atoms with Crippen LogP contribution in [0.2, 0.25) is 0 Å². The number of anilines is 1. The van der Waals surface area contributed by atoms with Crippen LogP contribution in [0.4, 0.5) is 5.69 Å². The number of hydrogen-bond donors (Lipinski definition) is 2. The second kappa shape index (κ2) is 4.21. The number of benzene rings is 1. The highest BCUT2D eigenvalue weighted by Crippen LogP contribution is 2.19. The smallest absolute Gasteiger partial charge is 0.262 e. The molecule has 5 nitrogen and oxygen atoms in total. The number of aromatic amines is 1. The average Bonchev–Trinajstić information content (AvgIpc) is 2.68. The van der Waals surface area contributed by atoms with Gasteiger partial charge in [0.1, 0.15) is 0 Å². The van der Waals surface area contributed by atoms with E-state index in [-0.39, 0.29) is 4.90 Å². The van der Waals surface area contributed by atoms with E-state index in [0.717, 1.165) is 11.1 Å². The van der Waals surface area contributed by atoms with Gasteiger partial charge in [-0.1, -0.05) is 17.7 Å². The van der Waals surface area contributed by atoms with Crippen molar-refractivity contribution >= 4 is 15.7 Å². The van der Waals surface area contributed by atoms with Crippen LogP contribution >= 0.6 is 0 Å². The van der Waals surface area contributed by atoms with Gasteiger partial charge in [-0.3, -0.25) is 9.82 Å². The molecular weight excluding hydrogens is 238 g/mol. The van der Waals surface area contributed by atoms with Gasteiger partial charge >= 0.3 is 0 Å². The number of hydrogen-bond acceptors (Lipinski definition) is 3. The van der Waals surface area contributed by atoms with E-state index in [4.69, 9.17) is 0 Å². The number of rotatable bonds is 3. The lowest BCUT2D eigenvalue weighted by Gasteiger charge is -2.09. The Morgan fingerprint density at radius 3 is 2.65 bits per heavy atom. The van der Waals surface area contributed by atoms with Gasteiger partial charge in [0, 0.05) is 6.20 Å². The second-order valence-electron chi connectivity index (χ2n) is 3.86. The maximum absolute atomic E-state index is 12.1. The van der Waals surface area contributed by atoms with Crippen LogP contribution in [-0.2, 0) is 10.0 Å². The normalized spacial score (nSPS) is 11.4. The lowest BCUT2D eigenvalue weighted by atomic mass is 10.2. The third-order valence-electron chi connectivity index (χ3n) is 2.37. The van der Waals surface area contributed by atoms with E-state index in [2.05, 4.69) is 14.9 Å². The summed E-state index contributed by atoms with van der Waals surface area (Å²) in [6.07, 6.45) is 2.90. The third-order valence-corrected chi connectivity index (χ3v) is 3.91. The third kappa shape index (κ3) is 2.47. The van der Waals surface area contributed by atoms with Crippen LogP contribution in [0.15, 0.2) is 35.5 Å². The SMILES string of the molecule is Cc1ccc(S(=O)(=O)Nc2cn[nH]c2)c(C)c1. The van der Waals surface area contributed by atoms with E-state index in [1.54, 1.807) is 19.1 Å². The van der Waals surface area contributed by atoms with E-state index < -0.39 is 10.0 Å². The predicted octanol–water partition coefficient (Wildman–Crippen LogP) is 1.83. The first kappa shape index (κ1) is 11.7. The summed E-state index contributed by atoms with van der Waals surface area (Å²) in [5.41, 5.74) is 2.18. The molecule has 2 aromatic rings.